The van der Waals surface area contributed by atoms with Gasteiger partial charge in [-0.3, -0.25) is 9.59 Å². The van der Waals surface area contributed by atoms with E-state index in [9.17, 15) is 14.4 Å². The summed E-state index contributed by atoms with van der Waals surface area (Å²) in [5.74, 6) is -0.328. The van der Waals surface area contributed by atoms with E-state index in [0.717, 1.165) is 6.42 Å². The minimum absolute atomic E-state index is 0.0889. The molecular formula is C16H30N2O5. The Kier molecular flexibility index (Phi) is 9.29. The van der Waals surface area contributed by atoms with E-state index < -0.39 is 23.7 Å². The van der Waals surface area contributed by atoms with Gasteiger partial charge in [-0.25, -0.2) is 4.79 Å². The molecule has 23 heavy (non-hydrogen) atoms. The van der Waals surface area contributed by atoms with Crippen LogP contribution in [0, 0.1) is 5.92 Å². The first-order valence-electron chi connectivity index (χ1n) is 7.89. The molecule has 0 aliphatic heterocycles. The average Bonchev–Trinajstić information content (AvgIpc) is 2.40. The molecule has 7 nitrogen and oxygen atoms in total. The van der Waals surface area contributed by atoms with E-state index in [4.69, 9.17) is 4.74 Å². The molecule has 0 aromatic carbocycles. The highest BCUT2D eigenvalue weighted by Crippen LogP contribution is 2.10. The highest BCUT2D eigenvalue weighted by molar-refractivity contribution is 5.86. The van der Waals surface area contributed by atoms with Gasteiger partial charge in [0.25, 0.3) is 0 Å². The quantitative estimate of drug-likeness (QED) is 0.664. The van der Waals surface area contributed by atoms with E-state index >= 15 is 0 Å². The maximum atomic E-state index is 12.2. The minimum Gasteiger partial charge on any atom is -0.469 e. The Hall–Kier alpha value is -1.79. The first-order valence-corrected chi connectivity index (χ1v) is 7.89. The minimum atomic E-state index is -0.690. The Morgan fingerprint density at radius 1 is 1.09 bits per heavy atom. The number of rotatable bonds is 8. The summed E-state index contributed by atoms with van der Waals surface area (Å²) in [5.41, 5.74) is -0.631. The number of esters is 1. The van der Waals surface area contributed by atoms with Gasteiger partial charge in [-0.2, -0.15) is 0 Å². The van der Waals surface area contributed by atoms with Crippen molar-refractivity contribution in [2.24, 2.45) is 5.92 Å². The molecule has 0 rings (SSSR count). The number of hydrogen-bond acceptors (Lipinski definition) is 5. The summed E-state index contributed by atoms with van der Waals surface area (Å²) < 4.78 is 9.69. The van der Waals surface area contributed by atoms with Crippen molar-refractivity contribution in [1.29, 1.82) is 0 Å². The van der Waals surface area contributed by atoms with Gasteiger partial charge in [-0.1, -0.05) is 13.8 Å². The van der Waals surface area contributed by atoms with Crippen LogP contribution in [0.5, 0.6) is 0 Å². The predicted molar refractivity (Wildman–Crippen MR) is 86.9 cm³/mol. The fourth-order valence-electron chi connectivity index (χ4n) is 1.73. The van der Waals surface area contributed by atoms with Crippen molar-refractivity contribution in [3.8, 4) is 0 Å². The third-order valence-corrected chi connectivity index (χ3v) is 2.90. The van der Waals surface area contributed by atoms with Crippen molar-refractivity contribution in [2.45, 2.75) is 65.5 Å². The van der Waals surface area contributed by atoms with Gasteiger partial charge in [0.05, 0.1) is 13.5 Å². The van der Waals surface area contributed by atoms with Crippen molar-refractivity contribution in [3.05, 3.63) is 0 Å². The normalized spacial score (nSPS) is 12.5. The van der Waals surface area contributed by atoms with Crippen LogP contribution in [0.15, 0.2) is 0 Å². The molecule has 0 aliphatic carbocycles. The van der Waals surface area contributed by atoms with Gasteiger partial charge in [0.1, 0.15) is 11.6 Å². The van der Waals surface area contributed by atoms with Crippen LogP contribution in [-0.4, -0.2) is 43.3 Å². The number of amides is 2. The van der Waals surface area contributed by atoms with E-state index in [0.29, 0.717) is 12.3 Å². The predicted octanol–water partition coefficient (Wildman–Crippen LogP) is 2.00. The standard InChI is InChI=1S/C16H30N2O5/c1-11(2)7-8-12(18-15(21)23-16(3,4)5)14(20)17-10-9-13(19)22-6/h11-12H,7-10H2,1-6H3,(H,17,20)(H,18,21)/t12-/m0/s1. The maximum Gasteiger partial charge on any atom is 0.408 e. The van der Waals surface area contributed by atoms with Crippen LogP contribution in [0.4, 0.5) is 4.79 Å². The first kappa shape index (κ1) is 21.2. The lowest BCUT2D eigenvalue weighted by Crippen LogP contribution is -2.48. The summed E-state index contributed by atoms with van der Waals surface area (Å²) in [6.07, 6.45) is 0.742. The molecule has 0 aromatic heterocycles. The van der Waals surface area contributed by atoms with Gasteiger partial charge < -0.3 is 20.1 Å². The molecule has 0 heterocycles. The van der Waals surface area contributed by atoms with Crippen LogP contribution in [-0.2, 0) is 19.1 Å². The molecule has 2 N–H and O–H groups in total. The van der Waals surface area contributed by atoms with Gasteiger partial charge in [0.2, 0.25) is 5.91 Å². The van der Waals surface area contributed by atoms with Gasteiger partial charge in [-0.05, 0) is 39.5 Å². The molecule has 0 bridgehead atoms. The smallest absolute Gasteiger partial charge is 0.408 e. The third-order valence-electron chi connectivity index (χ3n) is 2.90. The van der Waals surface area contributed by atoms with E-state index in [2.05, 4.69) is 15.4 Å². The lowest BCUT2D eigenvalue weighted by atomic mass is 10.0. The fraction of sp³-hybridized carbons (Fsp3) is 0.812. The summed E-state index contributed by atoms with van der Waals surface area (Å²) in [7, 11) is 1.29. The molecule has 134 valence electrons. The summed E-state index contributed by atoms with van der Waals surface area (Å²) in [6, 6.07) is -0.690. The Morgan fingerprint density at radius 3 is 2.17 bits per heavy atom. The number of hydrogen-bond donors (Lipinski definition) is 2. The van der Waals surface area contributed by atoms with E-state index in [1.54, 1.807) is 20.8 Å². The van der Waals surface area contributed by atoms with E-state index in [1.807, 2.05) is 13.8 Å². The molecule has 0 radical (unpaired) electrons. The maximum absolute atomic E-state index is 12.2. The van der Waals surface area contributed by atoms with Gasteiger partial charge in [-0.15, -0.1) is 0 Å². The monoisotopic (exact) mass is 330 g/mol. The molecule has 1 atom stereocenters. The van der Waals surface area contributed by atoms with Crippen molar-refractivity contribution in [1.82, 2.24) is 10.6 Å². The zero-order chi connectivity index (χ0) is 18.0. The second-order valence-corrected chi connectivity index (χ2v) is 6.79. The van der Waals surface area contributed by atoms with Gasteiger partial charge >= 0.3 is 12.1 Å². The Balaban J connectivity index is 4.56. The van der Waals surface area contributed by atoms with E-state index in [-0.39, 0.29) is 18.9 Å². The number of methoxy groups -OCH3 is 1. The van der Waals surface area contributed by atoms with Crippen molar-refractivity contribution >= 4 is 18.0 Å². The van der Waals surface area contributed by atoms with Crippen LogP contribution in [0.3, 0.4) is 0 Å². The Bertz CT molecular complexity index is 402. The zero-order valence-electron chi connectivity index (χ0n) is 15.0. The molecule has 0 fully saturated rings. The average molecular weight is 330 g/mol. The fourth-order valence-corrected chi connectivity index (χ4v) is 1.73. The Labute approximate surface area is 138 Å². The summed E-state index contributed by atoms with van der Waals surface area (Å²) in [6.45, 7) is 9.52. The molecule has 0 saturated heterocycles. The first-order chi connectivity index (χ1) is 10.5. The number of carbonyl (C=O) groups is 3. The highest BCUT2D eigenvalue weighted by Gasteiger charge is 2.24. The molecule has 0 saturated carbocycles. The second kappa shape index (κ2) is 10.1. The number of alkyl carbamates (subject to hydrolysis) is 1. The Morgan fingerprint density at radius 2 is 1.70 bits per heavy atom. The lowest BCUT2D eigenvalue weighted by molar-refractivity contribution is -0.140. The highest BCUT2D eigenvalue weighted by atomic mass is 16.6. The second-order valence-electron chi connectivity index (χ2n) is 6.79. The van der Waals surface area contributed by atoms with Gasteiger partial charge in [0.15, 0.2) is 0 Å². The lowest BCUT2D eigenvalue weighted by Gasteiger charge is -2.23. The van der Waals surface area contributed by atoms with Crippen LogP contribution in [0.2, 0.25) is 0 Å². The van der Waals surface area contributed by atoms with Crippen LogP contribution >= 0.6 is 0 Å². The summed E-state index contributed by atoms with van der Waals surface area (Å²) in [4.78, 5) is 35.1. The van der Waals surface area contributed by atoms with Crippen LogP contribution < -0.4 is 10.6 Å². The molecule has 0 unspecified atom stereocenters. The third kappa shape index (κ3) is 11.4. The van der Waals surface area contributed by atoms with E-state index in [1.165, 1.54) is 7.11 Å². The number of nitrogens with one attached hydrogen (secondary N) is 2. The molecule has 0 aromatic rings. The van der Waals surface area contributed by atoms with Gasteiger partial charge in [0, 0.05) is 6.54 Å². The topological polar surface area (TPSA) is 93.7 Å². The molecule has 0 spiro atoms. The van der Waals surface area contributed by atoms with Crippen molar-refractivity contribution in [2.75, 3.05) is 13.7 Å². The summed E-state index contributed by atoms with van der Waals surface area (Å²) in [5, 5.41) is 5.22. The number of ether oxygens (including phenoxy) is 2. The SMILES string of the molecule is COC(=O)CCNC(=O)[C@H](CCC(C)C)NC(=O)OC(C)(C)C. The van der Waals surface area contributed by atoms with Crippen LogP contribution in [0.25, 0.3) is 0 Å². The van der Waals surface area contributed by atoms with Crippen molar-refractivity contribution < 1.29 is 23.9 Å². The molecular weight excluding hydrogens is 300 g/mol. The zero-order valence-corrected chi connectivity index (χ0v) is 15.0. The van der Waals surface area contributed by atoms with Crippen molar-refractivity contribution in [3.63, 3.8) is 0 Å². The van der Waals surface area contributed by atoms with Crippen LogP contribution in [0.1, 0.15) is 53.9 Å². The summed E-state index contributed by atoms with van der Waals surface area (Å²) >= 11 is 0. The molecule has 0 aliphatic rings. The largest absolute Gasteiger partial charge is 0.469 e. The number of carbonyl (C=O) groups excluding carboxylic acids is 3. The molecule has 2 amide bonds. The molecule has 7 heteroatoms.